The van der Waals surface area contributed by atoms with Crippen molar-refractivity contribution in [2.75, 3.05) is 6.54 Å². The number of esters is 1. The van der Waals surface area contributed by atoms with Crippen molar-refractivity contribution >= 4 is 35.5 Å². The highest BCUT2D eigenvalue weighted by Crippen LogP contribution is 2.38. The molecular formula is C40H57N5O7. The van der Waals surface area contributed by atoms with Crippen molar-refractivity contribution in [3.63, 3.8) is 0 Å². The standard InChI is InChI=1S/C40H57N5O7/c1-10-27(22(2)3)28-17-18-45(31(28)35(48)42-29(19-23-15-16-23)32(46)34(41)47)36(49)30(26-20-24-13-11-12-14-25(24)21-26)43-38(51)44-33(39(4,5)6)37(50)52-40(7,8)9/h1,11-14,22-23,26-31,33H,15-21H2,2-9H3,(H2,41,47)(H,42,48)(H2,43,44,51)/t27?,28-,29?,30+,31+,33-/m1/s1. The van der Waals surface area contributed by atoms with E-state index in [0.29, 0.717) is 19.3 Å². The van der Waals surface area contributed by atoms with Crippen LogP contribution in [0.15, 0.2) is 24.3 Å². The zero-order valence-electron chi connectivity index (χ0n) is 31.9. The Balaban J connectivity index is 1.68. The van der Waals surface area contributed by atoms with Gasteiger partial charge in [0.1, 0.15) is 23.7 Å². The summed E-state index contributed by atoms with van der Waals surface area (Å²) < 4.78 is 5.63. The summed E-state index contributed by atoms with van der Waals surface area (Å²) in [5.74, 6) is -1.89. The Labute approximate surface area is 308 Å². The molecule has 1 heterocycles. The lowest BCUT2D eigenvalue weighted by atomic mass is 9.79. The highest BCUT2D eigenvalue weighted by atomic mass is 16.6. The SMILES string of the molecule is C#CC(C(C)C)[C@H]1CCN(C(=O)[C@@H](NC(=O)N[C@H](C(=O)OC(C)(C)C)C(C)(C)C)C2Cc3ccccc3C2)[C@@H]1C(=O)NC(CC1CC1)C(=O)C(N)=O. The summed E-state index contributed by atoms with van der Waals surface area (Å²) in [5, 5.41) is 8.46. The van der Waals surface area contributed by atoms with Crippen molar-refractivity contribution in [1.29, 1.82) is 0 Å². The van der Waals surface area contributed by atoms with E-state index in [2.05, 4.69) is 21.9 Å². The molecule has 0 aromatic heterocycles. The maximum atomic E-state index is 14.9. The number of amides is 5. The molecule has 4 rings (SSSR count). The van der Waals surface area contributed by atoms with Gasteiger partial charge in [-0.15, -0.1) is 12.3 Å². The normalized spacial score (nSPS) is 21.3. The lowest BCUT2D eigenvalue weighted by molar-refractivity contribution is -0.160. The Morgan fingerprint density at radius 3 is 2.02 bits per heavy atom. The fourth-order valence-corrected chi connectivity index (χ4v) is 7.63. The number of carbonyl (C=O) groups excluding carboxylic acids is 6. The topological polar surface area (TPSA) is 177 Å². The van der Waals surface area contributed by atoms with E-state index >= 15 is 0 Å². The number of carbonyl (C=O) groups is 6. The number of ketones is 1. The van der Waals surface area contributed by atoms with Gasteiger partial charge in [-0.3, -0.25) is 19.2 Å². The van der Waals surface area contributed by atoms with Crippen LogP contribution in [0.3, 0.4) is 0 Å². The molecule has 12 nitrogen and oxygen atoms in total. The van der Waals surface area contributed by atoms with Crippen LogP contribution in [-0.4, -0.2) is 76.7 Å². The molecule has 2 aliphatic carbocycles. The van der Waals surface area contributed by atoms with Crippen LogP contribution in [0.25, 0.3) is 0 Å². The van der Waals surface area contributed by atoms with Crippen molar-refractivity contribution in [3.8, 4) is 12.3 Å². The van der Waals surface area contributed by atoms with Crippen LogP contribution < -0.4 is 21.7 Å². The maximum Gasteiger partial charge on any atom is 0.329 e. The second kappa shape index (κ2) is 16.1. The van der Waals surface area contributed by atoms with E-state index in [1.54, 1.807) is 20.8 Å². The van der Waals surface area contributed by atoms with E-state index in [9.17, 15) is 28.8 Å². The van der Waals surface area contributed by atoms with E-state index in [0.717, 1.165) is 24.0 Å². The molecule has 0 bridgehead atoms. The Morgan fingerprint density at radius 1 is 0.942 bits per heavy atom. The fraction of sp³-hybridized carbons (Fsp3) is 0.650. The van der Waals surface area contributed by atoms with Gasteiger partial charge in [-0.2, -0.15) is 0 Å². The molecule has 1 aromatic carbocycles. The lowest BCUT2D eigenvalue weighted by Crippen LogP contribution is -2.61. The summed E-state index contributed by atoms with van der Waals surface area (Å²) in [5.41, 5.74) is 5.97. The maximum absolute atomic E-state index is 14.9. The summed E-state index contributed by atoms with van der Waals surface area (Å²) in [6.45, 7) is 14.8. The predicted molar refractivity (Wildman–Crippen MR) is 196 cm³/mol. The molecule has 1 aliphatic heterocycles. The minimum absolute atomic E-state index is 0.0268. The number of hydrogen-bond acceptors (Lipinski definition) is 7. The van der Waals surface area contributed by atoms with Gasteiger partial charge in [0.2, 0.25) is 17.6 Å². The lowest BCUT2D eigenvalue weighted by Gasteiger charge is -2.36. The number of nitrogens with two attached hydrogens (primary N) is 1. The van der Waals surface area contributed by atoms with Crippen molar-refractivity contribution in [2.45, 2.75) is 124 Å². The molecule has 1 aromatic rings. The zero-order chi connectivity index (χ0) is 38.7. The quantitative estimate of drug-likeness (QED) is 0.137. The highest BCUT2D eigenvalue weighted by Gasteiger charge is 2.50. The van der Waals surface area contributed by atoms with Crippen LogP contribution in [0.4, 0.5) is 4.79 Å². The molecule has 5 N–H and O–H groups in total. The van der Waals surface area contributed by atoms with E-state index in [-0.39, 0.29) is 36.6 Å². The molecule has 52 heavy (non-hydrogen) atoms. The van der Waals surface area contributed by atoms with Crippen LogP contribution in [0, 0.1) is 47.3 Å². The number of urea groups is 1. The van der Waals surface area contributed by atoms with Crippen molar-refractivity contribution in [3.05, 3.63) is 35.4 Å². The van der Waals surface area contributed by atoms with Gasteiger partial charge in [0.15, 0.2) is 0 Å². The Bertz CT molecular complexity index is 1560. The number of terminal acetylenes is 1. The largest absolute Gasteiger partial charge is 0.458 e. The van der Waals surface area contributed by atoms with Gasteiger partial charge < -0.3 is 31.3 Å². The van der Waals surface area contributed by atoms with Crippen LogP contribution in [-0.2, 0) is 41.6 Å². The first-order valence-corrected chi connectivity index (χ1v) is 18.5. The van der Waals surface area contributed by atoms with Gasteiger partial charge in [-0.05, 0) is 80.8 Å². The van der Waals surface area contributed by atoms with Crippen molar-refractivity contribution in [2.24, 2.45) is 40.7 Å². The van der Waals surface area contributed by atoms with Crippen LogP contribution in [0.5, 0.6) is 0 Å². The fourth-order valence-electron chi connectivity index (χ4n) is 7.63. The number of benzene rings is 1. The number of hydrogen-bond donors (Lipinski definition) is 4. The van der Waals surface area contributed by atoms with Crippen molar-refractivity contribution < 1.29 is 33.5 Å². The summed E-state index contributed by atoms with van der Waals surface area (Å²) in [6.07, 6.45) is 9.48. The predicted octanol–water partition coefficient (Wildman–Crippen LogP) is 3.29. The summed E-state index contributed by atoms with van der Waals surface area (Å²) in [4.78, 5) is 82.6. The number of primary amides is 1. The summed E-state index contributed by atoms with van der Waals surface area (Å²) in [7, 11) is 0. The van der Waals surface area contributed by atoms with E-state index in [1.807, 2.05) is 58.9 Å². The molecular weight excluding hydrogens is 662 g/mol. The average molecular weight is 720 g/mol. The second-order valence-corrected chi connectivity index (χ2v) is 17.2. The molecule has 12 heteroatoms. The molecule has 1 saturated carbocycles. The third-order valence-electron chi connectivity index (χ3n) is 10.4. The number of fused-ring (bicyclic) bond motifs is 1. The Hall–Kier alpha value is -4.40. The summed E-state index contributed by atoms with van der Waals surface area (Å²) in [6, 6.07) is 2.80. The molecule has 0 spiro atoms. The van der Waals surface area contributed by atoms with Crippen LogP contribution >= 0.6 is 0 Å². The highest BCUT2D eigenvalue weighted by molar-refractivity contribution is 6.37. The third kappa shape index (κ3) is 9.92. The van der Waals surface area contributed by atoms with Gasteiger partial charge in [-0.1, -0.05) is 71.7 Å². The van der Waals surface area contributed by atoms with Gasteiger partial charge in [0.05, 0.1) is 6.04 Å². The number of rotatable bonds is 13. The van der Waals surface area contributed by atoms with E-state index in [4.69, 9.17) is 16.9 Å². The van der Waals surface area contributed by atoms with E-state index in [1.165, 1.54) is 4.90 Å². The first-order valence-electron chi connectivity index (χ1n) is 18.5. The van der Waals surface area contributed by atoms with E-state index < -0.39 is 76.6 Å². The molecule has 3 aliphatic rings. The Kier molecular flexibility index (Phi) is 12.5. The molecule has 0 radical (unpaired) electrons. The first-order chi connectivity index (χ1) is 24.2. The van der Waals surface area contributed by atoms with Gasteiger partial charge >= 0.3 is 12.0 Å². The minimum atomic E-state index is -1.14. The number of Topliss-reactive ketones (excluding diaryl/α,β-unsaturated/α-hetero) is 1. The smallest absolute Gasteiger partial charge is 0.329 e. The molecule has 5 amide bonds. The molecule has 1 saturated heterocycles. The monoisotopic (exact) mass is 719 g/mol. The van der Waals surface area contributed by atoms with Crippen molar-refractivity contribution in [1.82, 2.24) is 20.9 Å². The molecule has 6 atom stereocenters. The zero-order valence-corrected chi connectivity index (χ0v) is 31.9. The number of ether oxygens (including phenoxy) is 1. The van der Waals surface area contributed by atoms with Gasteiger partial charge in [0.25, 0.3) is 5.91 Å². The Morgan fingerprint density at radius 2 is 1.54 bits per heavy atom. The molecule has 2 unspecified atom stereocenters. The number of nitrogens with zero attached hydrogens (tertiary/aromatic N) is 1. The third-order valence-corrected chi connectivity index (χ3v) is 10.4. The van der Waals surface area contributed by atoms with Crippen LogP contribution in [0.1, 0.15) is 92.2 Å². The number of nitrogens with one attached hydrogen (secondary N) is 3. The van der Waals surface area contributed by atoms with Gasteiger partial charge in [-0.25, -0.2) is 9.59 Å². The van der Waals surface area contributed by atoms with Gasteiger partial charge in [0, 0.05) is 18.4 Å². The first kappa shape index (κ1) is 40.4. The second-order valence-electron chi connectivity index (χ2n) is 17.2. The molecule has 2 fully saturated rings. The molecule has 284 valence electrons. The summed E-state index contributed by atoms with van der Waals surface area (Å²) >= 11 is 0. The average Bonchev–Trinajstić information content (AvgIpc) is 3.58. The number of likely N-dealkylation sites (tertiary alicyclic amines) is 1. The van der Waals surface area contributed by atoms with Crippen LogP contribution in [0.2, 0.25) is 0 Å². The minimum Gasteiger partial charge on any atom is -0.458 e.